The molecule has 90 valence electrons. The number of rotatable bonds is 5. The molecule has 0 unspecified atom stereocenters. The zero-order valence-electron chi connectivity index (χ0n) is 10.5. The predicted molar refractivity (Wildman–Crippen MR) is 59.8 cm³/mol. The molecule has 0 aromatic carbocycles. The minimum Gasteiger partial charge on any atom is -0.381 e. The Morgan fingerprint density at radius 1 is 1.13 bits per heavy atom. The monoisotopic (exact) mass is 216 g/mol. The highest BCUT2D eigenvalue weighted by Gasteiger charge is 2.36. The van der Waals surface area contributed by atoms with Gasteiger partial charge in [0.05, 0.1) is 19.8 Å². The van der Waals surface area contributed by atoms with Crippen LogP contribution in [-0.4, -0.2) is 32.2 Å². The lowest BCUT2D eigenvalue weighted by molar-refractivity contribution is -0.288. The summed E-state index contributed by atoms with van der Waals surface area (Å²) < 4.78 is 16.9. The van der Waals surface area contributed by atoms with Crippen molar-refractivity contribution < 1.29 is 14.2 Å². The first-order chi connectivity index (χ1) is 6.97. The molecule has 1 aliphatic rings. The smallest absolute Gasteiger partial charge is 0.162 e. The highest BCUT2D eigenvalue weighted by Crippen LogP contribution is 2.29. The lowest BCUT2D eigenvalue weighted by Crippen LogP contribution is -2.47. The molecule has 1 heterocycles. The third kappa shape index (κ3) is 4.49. The van der Waals surface area contributed by atoms with Crippen molar-refractivity contribution in [2.45, 2.75) is 46.3 Å². The minimum atomic E-state index is -0.428. The van der Waals surface area contributed by atoms with E-state index < -0.39 is 5.79 Å². The van der Waals surface area contributed by atoms with Crippen LogP contribution in [0.15, 0.2) is 0 Å². The lowest BCUT2D eigenvalue weighted by atomic mass is 9.93. The first kappa shape index (κ1) is 12.9. The predicted octanol–water partition coefficient (Wildman–Crippen LogP) is 2.59. The van der Waals surface area contributed by atoms with Crippen LogP contribution in [-0.2, 0) is 14.2 Å². The zero-order valence-corrected chi connectivity index (χ0v) is 10.5. The Morgan fingerprint density at radius 2 is 1.73 bits per heavy atom. The van der Waals surface area contributed by atoms with Crippen LogP contribution < -0.4 is 0 Å². The number of hydrogen-bond acceptors (Lipinski definition) is 3. The van der Waals surface area contributed by atoms with Crippen LogP contribution in [0.1, 0.15) is 40.5 Å². The SMILES string of the molecule is CCCCOCC1(C)COC(C)(C)OC1. The van der Waals surface area contributed by atoms with E-state index in [-0.39, 0.29) is 5.41 Å². The molecule has 0 radical (unpaired) electrons. The average Bonchev–Trinajstić information content (AvgIpc) is 2.19. The molecule has 0 amide bonds. The molecular formula is C12H24O3. The van der Waals surface area contributed by atoms with Gasteiger partial charge in [-0.05, 0) is 20.3 Å². The van der Waals surface area contributed by atoms with E-state index in [0.717, 1.165) is 19.6 Å². The molecule has 0 aliphatic carbocycles. The maximum atomic E-state index is 5.64. The normalized spacial score (nSPS) is 24.0. The highest BCUT2D eigenvalue weighted by molar-refractivity contribution is 4.79. The summed E-state index contributed by atoms with van der Waals surface area (Å²) in [4.78, 5) is 0. The van der Waals surface area contributed by atoms with Gasteiger partial charge in [0.2, 0.25) is 0 Å². The summed E-state index contributed by atoms with van der Waals surface area (Å²) in [6.45, 7) is 11.2. The van der Waals surface area contributed by atoms with Crippen LogP contribution in [0.4, 0.5) is 0 Å². The van der Waals surface area contributed by atoms with E-state index in [1.807, 2.05) is 13.8 Å². The van der Waals surface area contributed by atoms with E-state index in [2.05, 4.69) is 13.8 Å². The van der Waals surface area contributed by atoms with Gasteiger partial charge in [0, 0.05) is 12.0 Å². The van der Waals surface area contributed by atoms with E-state index in [1.165, 1.54) is 6.42 Å². The summed E-state index contributed by atoms with van der Waals surface area (Å²) >= 11 is 0. The molecule has 15 heavy (non-hydrogen) atoms. The average molecular weight is 216 g/mol. The first-order valence-corrected chi connectivity index (χ1v) is 5.83. The van der Waals surface area contributed by atoms with Gasteiger partial charge >= 0.3 is 0 Å². The van der Waals surface area contributed by atoms with Crippen molar-refractivity contribution >= 4 is 0 Å². The fourth-order valence-corrected chi connectivity index (χ4v) is 1.43. The molecule has 1 aliphatic heterocycles. The molecule has 0 atom stereocenters. The van der Waals surface area contributed by atoms with Crippen LogP contribution in [0.2, 0.25) is 0 Å². The van der Waals surface area contributed by atoms with Gasteiger partial charge in [-0.1, -0.05) is 20.3 Å². The first-order valence-electron chi connectivity index (χ1n) is 5.83. The maximum absolute atomic E-state index is 5.64. The van der Waals surface area contributed by atoms with Crippen molar-refractivity contribution in [2.24, 2.45) is 5.41 Å². The maximum Gasteiger partial charge on any atom is 0.162 e. The molecule has 3 heteroatoms. The Morgan fingerprint density at radius 3 is 2.27 bits per heavy atom. The van der Waals surface area contributed by atoms with E-state index in [9.17, 15) is 0 Å². The van der Waals surface area contributed by atoms with Gasteiger partial charge in [0.25, 0.3) is 0 Å². The standard InChI is InChI=1S/C12H24O3/c1-5-6-7-13-8-12(4)9-14-11(2,3)15-10-12/h5-10H2,1-4H3. The summed E-state index contributed by atoms with van der Waals surface area (Å²) in [5, 5.41) is 0. The second kappa shape index (κ2) is 5.28. The third-order valence-corrected chi connectivity index (χ3v) is 2.63. The Hall–Kier alpha value is -0.120. The van der Waals surface area contributed by atoms with Gasteiger partial charge < -0.3 is 14.2 Å². The van der Waals surface area contributed by atoms with Crippen molar-refractivity contribution in [3.63, 3.8) is 0 Å². The van der Waals surface area contributed by atoms with E-state index in [1.54, 1.807) is 0 Å². The minimum absolute atomic E-state index is 0.0171. The van der Waals surface area contributed by atoms with E-state index in [0.29, 0.717) is 13.2 Å². The summed E-state index contributed by atoms with van der Waals surface area (Å²) in [6, 6.07) is 0. The van der Waals surface area contributed by atoms with Gasteiger partial charge in [-0.3, -0.25) is 0 Å². The molecule has 1 fully saturated rings. The van der Waals surface area contributed by atoms with E-state index >= 15 is 0 Å². The third-order valence-electron chi connectivity index (χ3n) is 2.63. The van der Waals surface area contributed by atoms with Crippen molar-refractivity contribution in [3.05, 3.63) is 0 Å². The number of ether oxygens (including phenoxy) is 3. The second-order valence-corrected chi connectivity index (χ2v) is 5.19. The van der Waals surface area contributed by atoms with Gasteiger partial charge in [-0.15, -0.1) is 0 Å². The topological polar surface area (TPSA) is 27.7 Å². The summed E-state index contributed by atoms with van der Waals surface area (Å²) in [6.07, 6.45) is 2.31. The van der Waals surface area contributed by atoms with Crippen molar-refractivity contribution in [1.82, 2.24) is 0 Å². The second-order valence-electron chi connectivity index (χ2n) is 5.19. The number of hydrogen-bond donors (Lipinski definition) is 0. The van der Waals surface area contributed by atoms with Crippen LogP contribution >= 0.6 is 0 Å². The van der Waals surface area contributed by atoms with Gasteiger partial charge in [0.15, 0.2) is 5.79 Å². The lowest BCUT2D eigenvalue weighted by Gasteiger charge is -2.41. The van der Waals surface area contributed by atoms with Crippen molar-refractivity contribution in [3.8, 4) is 0 Å². The Bertz CT molecular complexity index is 179. The fourth-order valence-electron chi connectivity index (χ4n) is 1.43. The van der Waals surface area contributed by atoms with Crippen LogP contribution in [0.25, 0.3) is 0 Å². The van der Waals surface area contributed by atoms with Gasteiger partial charge in [-0.25, -0.2) is 0 Å². The molecule has 0 N–H and O–H groups in total. The Kier molecular flexibility index (Phi) is 4.56. The van der Waals surface area contributed by atoms with Crippen molar-refractivity contribution in [1.29, 1.82) is 0 Å². The summed E-state index contributed by atoms with van der Waals surface area (Å²) in [5.41, 5.74) is 0.0171. The Balaban J connectivity index is 2.23. The van der Waals surface area contributed by atoms with E-state index in [4.69, 9.17) is 14.2 Å². The molecule has 0 bridgehead atoms. The zero-order chi connectivity index (χ0) is 11.4. The van der Waals surface area contributed by atoms with Crippen LogP contribution in [0, 0.1) is 5.41 Å². The van der Waals surface area contributed by atoms with Crippen LogP contribution in [0.5, 0.6) is 0 Å². The molecule has 1 rings (SSSR count). The molecule has 3 nitrogen and oxygen atoms in total. The molecule has 0 spiro atoms. The fraction of sp³-hybridized carbons (Fsp3) is 1.00. The van der Waals surface area contributed by atoms with Gasteiger partial charge in [0.1, 0.15) is 0 Å². The van der Waals surface area contributed by atoms with Crippen molar-refractivity contribution in [2.75, 3.05) is 26.4 Å². The van der Waals surface area contributed by atoms with Crippen LogP contribution in [0.3, 0.4) is 0 Å². The highest BCUT2D eigenvalue weighted by atomic mass is 16.7. The molecular weight excluding hydrogens is 192 g/mol. The quantitative estimate of drug-likeness (QED) is 0.661. The summed E-state index contributed by atoms with van der Waals surface area (Å²) in [7, 11) is 0. The summed E-state index contributed by atoms with van der Waals surface area (Å²) in [5.74, 6) is -0.428. The molecule has 1 saturated heterocycles. The largest absolute Gasteiger partial charge is 0.381 e. The Labute approximate surface area is 93.1 Å². The molecule has 0 saturated carbocycles. The number of unbranched alkanes of at least 4 members (excludes halogenated alkanes) is 1. The van der Waals surface area contributed by atoms with Gasteiger partial charge in [-0.2, -0.15) is 0 Å². The molecule has 0 aromatic rings. The molecule has 0 aromatic heterocycles.